The molecule has 0 saturated carbocycles. The first-order chi connectivity index (χ1) is 8.70. The van der Waals surface area contributed by atoms with E-state index in [1.807, 2.05) is 55.0 Å². The third-order valence-corrected chi connectivity index (χ3v) is 3.23. The van der Waals surface area contributed by atoms with E-state index < -0.39 is 0 Å². The molecule has 19 heavy (non-hydrogen) atoms. The predicted molar refractivity (Wildman–Crippen MR) is 76.0 cm³/mol. The zero-order valence-electron chi connectivity index (χ0n) is 12.8. The van der Waals surface area contributed by atoms with Crippen molar-refractivity contribution < 1.29 is 14.1 Å². The van der Waals surface area contributed by atoms with E-state index >= 15 is 0 Å². The Morgan fingerprint density at radius 1 is 1.32 bits per heavy atom. The summed E-state index contributed by atoms with van der Waals surface area (Å²) in [5.74, 6) is -0.204. The minimum atomic E-state index is -0.204. The number of nitrogens with zero attached hydrogens (tertiary/aromatic N) is 2. The fourth-order valence-corrected chi connectivity index (χ4v) is 1.41. The highest BCUT2D eigenvalue weighted by atomic mass is 16.5. The van der Waals surface area contributed by atoms with Crippen LogP contribution < -0.4 is 9.47 Å². The molecule has 0 aliphatic carbocycles. The predicted octanol–water partition coefficient (Wildman–Crippen LogP) is 2.02. The lowest BCUT2D eigenvalue weighted by molar-refractivity contribution is -0.686. The summed E-state index contributed by atoms with van der Waals surface area (Å²) >= 11 is 0. The Bertz CT molecular complexity index is 419. The van der Waals surface area contributed by atoms with E-state index in [-0.39, 0.29) is 24.0 Å². The van der Waals surface area contributed by atoms with Gasteiger partial charge in [0.15, 0.2) is 12.4 Å². The van der Waals surface area contributed by atoms with Crippen LogP contribution >= 0.6 is 0 Å². The summed E-state index contributed by atoms with van der Waals surface area (Å²) in [5, 5.41) is 0. The lowest BCUT2D eigenvalue weighted by Crippen LogP contribution is -2.40. The van der Waals surface area contributed by atoms with Crippen LogP contribution in [0.1, 0.15) is 27.7 Å². The highest BCUT2D eigenvalue weighted by molar-refractivity contribution is 5.67. The SMILES string of the molecule is C[C@@H](OC(=O)C[n+]1ccc(N(C)C)cc1)C(C)(C)C. The normalized spacial score (nSPS) is 12.9. The Morgan fingerprint density at radius 2 is 1.84 bits per heavy atom. The molecule has 1 atom stereocenters. The number of pyridine rings is 1. The van der Waals surface area contributed by atoms with Crippen molar-refractivity contribution >= 4 is 11.7 Å². The van der Waals surface area contributed by atoms with Gasteiger partial charge in [-0.05, 0) is 12.3 Å². The molecule has 4 heteroatoms. The van der Waals surface area contributed by atoms with Crippen LogP contribution in [-0.2, 0) is 16.1 Å². The van der Waals surface area contributed by atoms with Gasteiger partial charge in [-0.1, -0.05) is 20.8 Å². The molecule has 0 radical (unpaired) electrons. The standard InChI is InChI=1S/C15H25N2O2/c1-12(15(2,3)4)19-14(18)11-17-9-7-13(8-10-17)16(5)6/h7-10,12H,11H2,1-6H3/q+1/t12-/m1/s1. The van der Waals surface area contributed by atoms with Gasteiger partial charge in [0, 0.05) is 31.9 Å². The number of carbonyl (C=O) groups excluding carboxylic acids is 1. The molecule has 0 aromatic carbocycles. The number of carbonyl (C=O) groups is 1. The molecule has 0 bridgehead atoms. The number of ether oxygens (including phenoxy) is 1. The molecule has 0 aliphatic heterocycles. The average molecular weight is 265 g/mol. The maximum Gasteiger partial charge on any atom is 0.372 e. The minimum Gasteiger partial charge on any atom is -0.457 e. The van der Waals surface area contributed by atoms with Crippen molar-refractivity contribution in [2.75, 3.05) is 19.0 Å². The van der Waals surface area contributed by atoms with Crippen molar-refractivity contribution in [1.82, 2.24) is 0 Å². The second-order valence-electron chi connectivity index (χ2n) is 6.12. The van der Waals surface area contributed by atoms with Crippen molar-refractivity contribution in [2.24, 2.45) is 5.41 Å². The van der Waals surface area contributed by atoms with E-state index in [1.54, 1.807) is 0 Å². The highest BCUT2D eigenvalue weighted by Gasteiger charge is 2.25. The van der Waals surface area contributed by atoms with Crippen molar-refractivity contribution in [1.29, 1.82) is 0 Å². The van der Waals surface area contributed by atoms with Gasteiger partial charge in [-0.3, -0.25) is 0 Å². The van der Waals surface area contributed by atoms with Crippen molar-refractivity contribution in [3.63, 3.8) is 0 Å². The van der Waals surface area contributed by atoms with Crippen molar-refractivity contribution in [3.05, 3.63) is 24.5 Å². The molecular formula is C15H25N2O2+. The maximum absolute atomic E-state index is 11.8. The van der Waals surface area contributed by atoms with E-state index in [2.05, 4.69) is 20.8 Å². The van der Waals surface area contributed by atoms with Gasteiger partial charge in [0.05, 0.1) is 0 Å². The van der Waals surface area contributed by atoms with Crippen molar-refractivity contribution in [3.8, 4) is 0 Å². The van der Waals surface area contributed by atoms with Crippen molar-refractivity contribution in [2.45, 2.75) is 40.3 Å². The van der Waals surface area contributed by atoms with Gasteiger partial charge < -0.3 is 9.64 Å². The van der Waals surface area contributed by atoms with Crippen LogP contribution in [0.25, 0.3) is 0 Å². The third-order valence-electron chi connectivity index (χ3n) is 3.23. The second kappa shape index (κ2) is 6.04. The van der Waals surface area contributed by atoms with E-state index in [9.17, 15) is 4.79 Å². The lowest BCUT2D eigenvalue weighted by atomic mass is 9.90. The van der Waals surface area contributed by atoms with Crippen LogP contribution in [0.3, 0.4) is 0 Å². The summed E-state index contributed by atoms with van der Waals surface area (Å²) in [6.07, 6.45) is 3.68. The molecule has 0 fully saturated rings. The van der Waals surface area contributed by atoms with Crippen LogP contribution in [0.4, 0.5) is 5.69 Å². The molecule has 0 spiro atoms. The van der Waals surface area contributed by atoms with Gasteiger partial charge in [-0.15, -0.1) is 0 Å². The minimum absolute atomic E-state index is 0.0326. The smallest absolute Gasteiger partial charge is 0.372 e. The van der Waals surface area contributed by atoms with Gasteiger partial charge in [0.2, 0.25) is 6.54 Å². The molecule has 0 aliphatic rings. The molecule has 1 aromatic rings. The zero-order chi connectivity index (χ0) is 14.6. The first-order valence-corrected chi connectivity index (χ1v) is 6.56. The van der Waals surface area contributed by atoms with Crippen LogP contribution in [0.5, 0.6) is 0 Å². The summed E-state index contributed by atoms with van der Waals surface area (Å²) in [4.78, 5) is 13.9. The molecular weight excluding hydrogens is 240 g/mol. The van der Waals surface area contributed by atoms with Gasteiger partial charge in [-0.25, -0.2) is 4.79 Å². The van der Waals surface area contributed by atoms with Crippen LogP contribution in [0.15, 0.2) is 24.5 Å². The molecule has 1 rings (SSSR count). The Balaban J connectivity index is 2.58. The van der Waals surface area contributed by atoms with E-state index in [0.717, 1.165) is 5.69 Å². The van der Waals surface area contributed by atoms with Crippen LogP contribution in [0.2, 0.25) is 0 Å². The molecule has 1 heterocycles. The highest BCUT2D eigenvalue weighted by Crippen LogP contribution is 2.21. The molecule has 0 saturated heterocycles. The van der Waals surface area contributed by atoms with Gasteiger partial charge in [0.1, 0.15) is 6.10 Å². The Labute approximate surface area is 116 Å². The summed E-state index contributed by atoms with van der Waals surface area (Å²) in [6.45, 7) is 8.35. The van der Waals surface area contributed by atoms with Gasteiger partial charge in [-0.2, -0.15) is 4.57 Å². The fraction of sp³-hybridized carbons (Fsp3) is 0.600. The second-order valence-corrected chi connectivity index (χ2v) is 6.12. The zero-order valence-corrected chi connectivity index (χ0v) is 12.8. The molecule has 0 amide bonds. The monoisotopic (exact) mass is 265 g/mol. The fourth-order valence-electron chi connectivity index (χ4n) is 1.41. The number of anilines is 1. The molecule has 0 unspecified atom stereocenters. The van der Waals surface area contributed by atoms with Gasteiger partial charge in [0.25, 0.3) is 0 Å². The van der Waals surface area contributed by atoms with Crippen LogP contribution in [0, 0.1) is 5.41 Å². The van der Waals surface area contributed by atoms with Crippen LogP contribution in [-0.4, -0.2) is 26.2 Å². The lowest BCUT2D eigenvalue weighted by Gasteiger charge is -2.26. The first-order valence-electron chi connectivity index (χ1n) is 6.56. The molecule has 4 nitrogen and oxygen atoms in total. The number of esters is 1. The average Bonchev–Trinajstić information content (AvgIpc) is 2.28. The molecule has 1 aromatic heterocycles. The van der Waals surface area contributed by atoms with E-state index in [1.165, 1.54) is 0 Å². The number of rotatable bonds is 4. The molecule has 0 N–H and O–H groups in total. The maximum atomic E-state index is 11.8. The molecule has 106 valence electrons. The third kappa shape index (κ3) is 4.89. The number of hydrogen-bond acceptors (Lipinski definition) is 3. The summed E-state index contributed by atoms with van der Waals surface area (Å²) in [7, 11) is 3.97. The van der Waals surface area contributed by atoms with Gasteiger partial charge >= 0.3 is 5.97 Å². The number of hydrogen-bond donors (Lipinski definition) is 0. The number of aromatic nitrogens is 1. The summed E-state index contributed by atoms with van der Waals surface area (Å²) < 4.78 is 7.25. The Morgan fingerprint density at radius 3 is 2.26 bits per heavy atom. The largest absolute Gasteiger partial charge is 0.457 e. The summed E-state index contributed by atoms with van der Waals surface area (Å²) in [6, 6.07) is 3.95. The topological polar surface area (TPSA) is 33.4 Å². The van der Waals surface area contributed by atoms with E-state index in [4.69, 9.17) is 4.74 Å². The quantitative estimate of drug-likeness (QED) is 0.617. The Hall–Kier alpha value is -1.58. The first kappa shape index (κ1) is 15.5. The van der Waals surface area contributed by atoms with E-state index in [0.29, 0.717) is 0 Å². The summed E-state index contributed by atoms with van der Waals surface area (Å²) in [5.41, 5.74) is 1.07. The Kier molecular flexibility index (Phi) is 4.92.